The Morgan fingerprint density at radius 3 is 2.54 bits per heavy atom. The number of aromatic carboxylic acids is 1. The van der Waals surface area contributed by atoms with E-state index >= 15 is 0 Å². The number of hydrazone groups is 1. The minimum Gasteiger partial charge on any atom is -0.478 e. The van der Waals surface area contributed by atoms with Crippen LogP contribution in [-0.2, 0) is 0 Å². The highest BCUT2D eigenvalue weighted by Gasteiger charge is 2.07. The molecule has 2 N–H and O–H groups in total. The van der Waals surface area contributed by atoms with Crippen LogP contribution in [0.2, 0.25) is 5.02 Å². The molecule has 0 radical (unpaired) electrons. The maximum Gasteiger partial charge on any atom is 0.335 e. The van der Waals surface area contributed by atoms with Crippen LogP contribution in [-0.4, -0.2) is 17.3 Å². The van der Waals surface area contributed by atoms with Crippen molar-refractivity contribution in [3.63, 3.8) is 0 Å². The first kappa shape index (κ1) is 15.8. The number of hydrogen-bond acceptors (Lipinski definition) is 4. The van der Waals surface area contributed by atoms with Gasteiger partial charge in [0.05, 0.1) is 22.5 Å². The van der Waals surface area contributed by atoms with Gasteiger partial charge in [0.1, 0.15) is 11.5 Å². The van der Waals surface area contributed by atoms with Crippen LogP contribution in [0.1, 0.15) is 16.1 Å². The molecule has 0 saturated heterocycles. The first-order valence-corrected chi connectivity index (χ1v) is 7.48. The standard InChI is InChI=1S/C18H13ClN2O3/c19-16-4-2-1-3-15(16)17-10-9-14(24-17)11-20-21-13-7-5-12(6-8-13)18(22)23/h1-11,21H,(H,22,23)/b20-11+. The number of carbonyl (C=O) groups is 1. The van der Waals surface area contributed by atoms with E-state index in [9.17, 15) is 4.79 Å². The molecule has 1 heterocycles. The Balaban J connectivity index is 1.67. The molecule has 3 aromatic rings. The molecule has 3 rings (SSSR count). The molecule has 0 aliphatic rings. The van der Waals surface area contributed by atoms with Crippen molar-refractivity contribution >= 4 is 29.5 Å². The van der Waals surface area contributed by atoms with Crippen molar-refractivity contribution in [1.82, 2.24) is 0 Å². The molecule has 0 aliphatic carbocycles. The lowest BCUT2D eigenvalue weighted by Gasteiger charge is -2.00. The number of nitrogens with zero attached hydrogens (tertiary/aromatic N) is 1. The second kappa shape index (κ2) is 7.02. The summed E-state index contributed by atoms with van der Waals surface area (Å²) in [5, 5.41) is 13.5. The summed E-state index contributed by atoms with van der Waals surface area (Å²) in [6, 6.07) is 17.3. The summed E-state index contributed by atoms with van der Waals surface area (Å²) in [5.74, 6) is 0.264. The van der Waals surface area contributed by atoms with Crippen LogP contribution in [0, 0.1) is 0 Å². The normalized spacial score (nSPS) is 10.9. The number of hydrogen-bond donors (Lipinski definition) is 2. The average Bonchev–Trinajstić information content (AvgIpc) is 3.04. The third-order valence-corrected chi connectivity index (χ3v) is 3.61. The maximum atomic E-state index is 10.8. The molecule has 0 unspecified atom stereocenters. The lowest BCUT2D eigenvalue weighted by atomic mass is 10.2. The Kier molecular flexibility index (Phi) is 4.63. The molecule has 0 amide bonds. The van der Waals surface area contributed by atoms with Crippen molar-refractivity contribution in [1.29, 1.82) is 0 Å². The van der Waals surface area contributed by atoms with Gasteiger partial charge in [-0.25, -0.2) is 4.79 Å². The highest BCUT2D eigenvalue weighted by atomic mass is 35.5. The average molecular weight is 341 g/mol. The molecule has 6 heteroatoms. The highest BCUT2D eigenvalue weighted by molar-refractivity contribution is 6.33. The van der Waals surface area contributed by atoms with Gasteiger partial charge in [0.15, 0.2) is 0 Å². The van der Waals surface area contributed by atoms with Crippen LogP contribution in [0.15, 0.2) is 70.2 Å². The Hall–Kier alpha value is -3.05. The van der Waals surface area contributed by atoms with Crippen molar-refractivity contribution < 1.29 is 14.3 Å². The SMILES string of the molecule is O=C(O)c1ccc(N/N=C/c2ccc(-c3ccccc3Cl)o2)cc1. The number of anilines is 1. The van der Waals surface area contributed by atoms with Crippen molar-refractivity contribution in [3.8, 4) is 11.3 Å². The van der Waals surface area contributed by atoms with Gasteiger partial charge >= 0.3 is 5.97 Å². The molecule has 1 aromatic heterocycles. The number of furan rings is 1. The van der Waals surface area contributed by atoms with Gasteiger partial charge in [0, 0.05) is 5.56 Å². The summed E-state index contributed by atoms with van der Waals surface area (Å²) in [6.45, 7) is 0. The number of carboxylic acids is 1. The van der Waals surface area contributed by atoms with E-state index < -0.39 is 5.97 Å². The van der Waals surface area contributed by atoms with Crippen LogP contribution in [0.3, 0.4) is 0 Å². The molecule has 5 nitrogen and oxygen atoms in total. The van der Waals surface area contributed by atoms with Crippen molar-refractivity contribution in [2.45, 2.75) is 0 Å². The molecule has 120 valence electrons. The topological polar surface area (TPSA) is 74.8 Å². The number of halogens is 1. The second-order valence-corrected chi connectivity index (χ2v) is 5.34. The third kappa shape index (κ3) is 3.64. The summed E-state index contributed by atoms with van der Waals surface area (Å²) in [4.78, 5) is 10.8. The first-order valence-electron chi connectivity index (χ1n) is 7.10. The van der Waals surface area contributed by atoms with Crippen LogP contribution >= 0.6 is 11.6 Å². The van der Waals surface area contributed by atoms with E-state index in [-0.39, 0.29) is 5.56 Å². The molecule has 24 heavy (non-hydrogen) atoms. The van der Waals surface area contributed by atoms with Gasteiger partial charge < -0.3 is 9.52 Å². The van der Waals surface area contributed by atoms with Crippen molar-refractivity contribution in [2.75, 3.05) is 5.43 Å². The Morgan fingerprint density at radius 2 is 1.83 bits per heavy atom. The van der Waals surface area contributed by atoms with Crippen LogP contribution < -0.4 is 5.43 Å². The van der Waals surface area contributed by atoms with Gasteiger partial charge in [-0.2, -0.15) is 5.10 Å². The summed E-state index contributed by atoms with van der Waals surface area (Å²) >= 11 is 6.14. The maximum absolute atomic E-state index is 10.8. The minimum atomic E-state index is -0.965. The smallest absolute Gasteiger partial charge is 0.335 e. The van der Waals surface area contributed by atoms with Crippen molar-refractivity contribution in [3.05, 3.63) is 77.0 Å². The van der Waals surface area contributed by atoms with Crippen LogP contribution in [0.4, 0.5) is 5.69 Å². The zero-order valence-electron chi connectivity index (χ0n) is 12.4. The quantitative estimate of drug-likeness (QED) is 0.519. The van der Waals surface area contributed by atoms with E-state index in [1.54, 1.807) is 24.3 Å². The zero-order chi connectivity index (χ0) is 16.9. The summed E-state index contributed by atoms with van der Waals surface area (Å²) in [6.07, 6.45) is 1.53. The lowest BCUT2D eigenvalue weighted by Crippen LogP contribution is -1.96. The Labute approximate surface area is 143 Å². The van der Waals surface area contributed by atoms with Gasteiger partial charge in [0.25, 0.3) is 0 Å². The fraction of sp³-hybridized carbons (Fsp3) is 0. The molecular formula is C18H13ClN2O3. The molecule has 0 aliphatic heterocycles. The van der Waals surface area contributed by atoms with Gasteiger partial charge in [-0.05, 0) is 48.5 Å². The fourth-order valence-corrected chi connectivity index (χ4v) is 2.31. The number of carboxylic acid groups (broad SMARTS) is 1. The molecular weight excluding hydrogens is 328 g/mol. The first-order chi connectivity index (χ1) is 11.6. The van der Waals surface area contributed by atoms with E-state index in [1.165, 1.54) is 18.3 Å². The molecule has 0 bridgehead atoms. The Morgan fingerprint density at radius 1 is 1.08 bits per heavy atom. The zero-order valence-corrected chi connectivity index (χ0v) is 13.2. The number of benzene rings is 2. The molecule has 0 atom stereocenters. The van der Waals surface area contributed by atoms with E-state index in [4.69, 9.17) is 21.1 Å². The van der Waals surface area contributed by atoms with Crippen molar-refractivity contribution in [2.24, 2.45) is 5.10 Å². The predicted molar refractivity (Wildman–Crippen MR) is 93.8 cm³/mol. The predicted octanol–water partition coefficient (Wildman–Crippen LogP) is 4.74. The molecule has 0 fully saturated rings. The van der Waals surface area contributed by atoms with Gasteiger partial charge in [-0.1, -0.05) is 23.7 Å². The Bertz CT molecular complexity index is 885. The molecule has 0 spiro atoms. The second-order valence-electron chi connectivity index (χ2n) is 4.93. The minimum absolute atomic E-state index is 0.222. The highest BCUT2D eigenvalue weighted by Crippen LogP contribution is 2.28. The van der Waals surface area contributed by atoms with E-state index in [1.807, 2.05) is 24.3 Å². The fourth-order valence-electron chi connectivity index (χ4n) is 2.09. The van der Waals surface area contributed by atoms with Gasteiger partial charge in [0.2, 0.25) is 0 Å². The third-order valence-electron chi connectivity index (χ3n) is 3.28. The van der Waals surface area contributed by atoms with Crippen LogP contribution in [0.5, 0.6) is 0 Å². The molecule has 0 saturated carbocycles. The number of nitrogens with one attached hydrogen (secondary N) is 1. The van der Waals surface area contributed by atoms with Gasteiger partial charge in [-0.3, -0.25) is 5.43 Å². The monoisotopic (exact) mass is 340 g/mol. The summed E-state index contributed by atoms with van der Waals surface area (Å²) in [7, 11) is 0. The largest absolute Gasteiger partial charge is 0.478 e. The number of rotatable bonds is 5. The summed E-state index contributed by atoms with van der Waals surface area (Å²) < 4.78 is 5.69. The van der Waals surface area contributed by atoms with E-state index in [0.29, 0.717) is 22.2 Å². The molecule has 2 aromatic carbocycles. The van der Waals surface area contributed by atoms with E-state index in [2.05, 4.69) is 10.5 Å². The van der Waals surface area contributed by atoms with E-state index in [0.717, 1.165) is 5.56 Å². The van der Waals surface area contributed by atoms with Gasteiger partial charge in [-0.15, -0.1) is 0 Å². The summed E-state index contributed by atoms with van der Waals surface area (Å²) in [5.41, 5.74) is 4.52. The lowest BCUT2D eigenvalue weighted by molar-refractivity contribution is 0.0697. The van der Waals surface area contributed by atoms with Crippen LogP contribution in [0.25, 0.3) is 11.3 Å².